The third kappa shape index (κ3) is 8.58. The Bertz CT molecular complexity index is 838. The van der Waals surface area contributed by atoms with Crippen LogP contribution in [0.2, 0.25) is 5.02 Å². The number of nitrogens with zero attached hydrogens (tertiary/aromatic N) is 1. The van der Waals surface area contributed by atoms with E-state index in [9.17, 15) is 9.59 Å². The molecule has 6 heteroatoms. The van der Waals surface area contributed by atoms with Crippen LogP contribution >= 0.6 is 23.4 Å². The molecule has 0 aliphatic rings. The zero-order valence-corrected chi connectivity index (χ0v) is 20.4. The molecule has 31 heavy (non-hydrogen) atoms. The lowest BCUT2D eigenvalue weighted by molar-refractivity contribution is -0.139. The van der Waals surface area contributed by atoms with Crippen LogP contribution in [0, 0.1) is 12.8 Å². The molecule has 1 N–H and O–H groups in total. The van der Waals surface area contributed by atoms with Gasteiger partial charge in [0.25, 0.3) is 0 Å². The number of amides is 2. The zero-order chi connectivity index (χ0) is 22.8. The van der Waals surface area contributed by atoms with Gasteiger partial charge in [0, 0.05) is 23.9 Å². The van der Waals surface area contributed by atoms with E-state index >= 15 is 0 Å². The Hall–Kier alpha value is -1.98. The number of rotatable bonds is 11. The van der Waals surface area contributed by atoms with Gasteiger partial charge in [0.1, 0.15) is 6.04 Å². The molecule has 0 heterocycles. The van der Waals surface area contributed by atoms with E-state index in [2.05, 4.69) is 50.4 Å². The molecule has 0 aliphatic carbocycles. The Labute approximate surface area is 195 Å². The summed E-state index contributed by atoms with van der Waals surface area (Å²) in [4.78, 5) is 27.8. The van der Waals surface area contributed by atoms with Gasteiger partial charge in [0.15, 0.2) is 0 Å². The topological polar surface area (TPSA) is 49.4 Å². The third-order valence-corrected chi connectivity index (χ3v) is 6.19. The summed E-state index contributed by atoms with van der Waals surface area (Å²) >= 11 is 7.59. The highest BCUT2D eigenvalue weighted by atomic mass is 35.5. The fourth-order valence-electron chi connectivity index (χ4n) is 3.15. The average molecular weight is 461 g/mol. The first-order valence-corrected chi connectivity index (χ1v) is 12.3. The molecule has 0 aliphatic heterocycles. The summed E-state index contributed by atoms with van der Waals surface area (Å²) < 4.78 is 0. The van der Waals surface area contributed by atoms with Crippen molar-refractivity contribution in [1.29, 1.82) is 0 Å². The lowest BCUT2D eigenvalue weighted by Gasteiger charge is -2.31. The van der Waals surface area contributed by atoms with E-state index in [-0.39, 0.29) is 11.8 Å². The number of carbonyl (C=O) groups is 2. The standard InChI is InChI=1S/C25H33ClN2O2S/c1-5-23(25(30)27-14-18(2)3)28(15-20-10-12-22(26)13-11-20)24(29)17-31-16-21-8-6-19(4)7-9-21/h6-13,18,23H,5,14-17H2,1-4H3,(H,27,30)/t23-/m0/s1. The number of nitrogens with one attached hydrogen (secondary N) is 1. The normalized spacial score (nSPS) is 11.9. The van der Waals surface area contributed by atoms with E-state index < -0.39 is 6.04 Å². The van der Waals surface area contributed by atoms with Gasteiger partial charge in [0.2, 0.25) is 11.8 Å². The van der Waals surface area contributed by atoms with E-state index in [0.29, 0.717) is 36.2 Å². The van der Waals surface area contributed by atoms with Crippen molar-refractivity contribution >= 4 is 35.2 Å². The second kappa shape index (κ2) is 12.8. The highest BCUT2D eigenvalue weighted by Gasteiger charge is 2.28. The predicted octanol–water partition coefficient (Wildman–Crippen LogP) is 5.46. The average Bonchev–Trinajstić information content (AvgIpc) is 2.74. The van der Waals surface area contributed by atoms with E-state index in [1.54, 1.807) is 16.7 Å². The molecule has 1 atom stereocenters. The van der Waals surface area contributed by atoms with Crippen LogP contribution in [0.15, 0.2) is 48.5 Å². The monoisotopic (exact) mass is 460 g/mol. The van der Waals surface area contributed by atoms with Crippen LogP contribution < -0.4 is 5.32 Å². The predicted molar refractivity (Wildman–Crippen MR) is 131 cm³/mol. The third-order valence-electron chi connectivity index (χ3n) is 4.95. The van der Waals surface area contributed by atoms with Gasteiger partial charge in [-0.2, -0.15) is 0 Å². The molecule has 0 bridgehead atoms. The van der Waals surface area contributed by atoms with Crippen molar-refractivity contribution in [3.8, 4) is 0 Å². The van der Waals surface area contributed by atoms with Gasteiger partial charge in [0.05, 0.1) is 5.75 Å². The molecule has 0 spiro atoms. The first-order valence-electron chi connectivity index (χ1n) is 10.7. The molecule has 0 fully saturated rings. The molecule has 2 aromatic carbocycles. The molecular weight excluding hydrogens is 428 g/mol. The minimum atomic E-state index is -0.498. The Balaban J connectivity index is 2.10. The Morgan fingerprint density at radius 3 is 2.23 bits per heavy atom. The minimum Gasteiger partial charge on any atom is -0.354 e. The van der Waals surface area contributed by atoms with Crippen molar-refractivity contribution < 1.29 is 9.59 Å². The molecule has 0 unspecified atom stereocenters. The smallest absolute Gasteiger partial charge is 0.242 e. The molecule has 168 valence electrons. The van der Waals surface area contributed by atoms with Crippen LogP contribution in [-0.4, -0.2) is 35.1 Å². The number of aryl methyl sites for hydroxylation is 1. The zero-order valence-electron chi connectivity index (χ0n) is 18.9. The lowest BCUT2D eigenvalue weighted by Crippen LogP contribution is -2.50. The van der Waals surface area contributed by atoms with E-state index in [4.69, 9.17) is 11.6 Å². The molecule has 2 rings (SSSR count). The van der Waals surface area contributed by atoms with Crippen LogP contribution in [-0.2, 0) is 21.9 Å². The van der Waals surface area contributed by atoms with Crippen molar-refractivity contribution in [2.45, 2.75) is 52.5 Å². The number of hydrogen-bond donors (Lipinski definition) is 1. The van der Waals surface area contributed by atoms with E-state index in [1.807, 2.05) is 31.2 Å². The summed E-state index contributed by atoms with van der Waals surface area (Å²) in [6.45, 7) is 9.10. The Morgan fingerprint density at radius 1 is 1.03 bits per heavy atom. The summed E-state index contributed by atoms with van der Waals surface area (Å²) in [5.74, 6) is 1.32. The van der Waals surface area contributed by atoms with Crippen molar-refractivity contribution in [3.63, 3.8) is 0 Å². The molecule has 0 saturated heterocycles. The fourth-order valence-corrected chi connectivity index (χ4v) is 4.15. The summed E-state index contributed by atoms with van der Waals surface area (Å²) in [6, 6.07) is 15.3. The van der Waals surface area contributed by atoms with Gasteiger partial charge in [-0.25, -0.2) is 0 Å². The van der Waals surface area contributed by atoms with Gasteiger partial charge in [-0.1, -0.05) is 74.3 Å². The highest BCUT2D eigenvalue weighted by Crippen LogP contribution is 2.19. The number of hydrogen-bond acceptors (Lipinski definition) is 3. The maximum atomic E-state index is 13.2. The first kappa shape index (κ1) is 25.3. The van der Waals surface area contributed by atoms with Crippen LogP contribution in [0.1, 0.15) is 43.9 Å². The minimum absolute atomic E-state index is 0.0291. The van der Waals surface area contributed by atoms with Crippen LogP contribution in [0.3, 0.4) is 0 Å². The number of carbonyl (C=O) groups excluding carboxylic acids is 2. The van der Waals surface area contributed by atoms with Gasteiger partial charge >= 0.3 is 0 Å². The second-order valence-electron chi connectivity index (χ2n) is 8.19. The quantitative estimate of drug-likeness (QED) is 0.484. The molecular formula is C25H33ClN2O2S. The molecule has 0 radical (unpaired) electrons. The van der Waals surface area contributed by atoms with Crippen LogP contribution in [0.4, 0.5) is 0 Å². The second-order valence-corrected chi connectivity index (χ2v) is 9.61. The summed E-state index contributed by atoms with van der Waals surface area (Å²) in [5, 5.41) is 3.64. The summed E-state index contributed by atoms with van der Waals surface area (Å²) in [5.41, 5.74) is 3.36. The Kier molecular flexibility index (Phi) is 10.4. The lowest BCUT2D eigenvalue weighted by atomic mass is 10.1. The highest BCUT2D eigenvalue weighted by molar-refractivity contribution is 7.99. The van der Waals surface area contributed by atoms with E-state index in [0.717, 1.165) is 11.3 Å². The molecule has 0 saturated carbocycles. The van der Waals surface area contributed by atoms with Crippen molar-refractivity contribution in [3.05, 3.63) is 70.2 Å². The fraction of sp³-hybridized carbons (Fsp3) is 0.440. The van der Waals surface area contributed by atoms with Gasteiger partial charge < -0.3 is 10.2 Å². The van der Waals surface area contributed by atoms with Gasteiger partial charge in [-0.05, 0) is 42.5 Å². The SMILES string of the molecule is CC[C@@H](C(=O)NCC(C)C)N(Cc1ccc(Cl)cc1)C(=O)CSCc1ccc(C)cc1. The first-order chi connectivity index (χ1) is 14.8. The van der Waals surface area contributed by atoms with Crippen LogP contribution in [0.5, 0.6) is 0 Å². The number of thioether (sulfide) groups is 1. The molecule has 4 nitrogen and oxygen atoms in total. The van der Waals surface area contributed by atoms with Gasteiger partial charge in [-0.3, -0.25) is 9.59 Å². The largest absolute Gasteiger partial charge is 0.354 e. The van der Waals surface area contributed by atoms with Crippen molar-refractivity contribution in [2.75, 3.05) is 12.3 Å². The Morgan fingerprint density at radius 2 is 1.65 bits per heavy atom. The van der Waals surface area contributed by atoms with Crippen molar-refractivity contribution in [2.24, 2.45) is 5.92 Å². The van der Waals surface area contributed by atoms with Crippen LogP contribution in [0.25, 0.3) is 0 Å². The number of halogens is 1. The summed E-state index contributed by atoms with van der Waals surface area (Å²) in [6.07, 6.45) is 0.561. The maximum Gasteiger partial charge on any atom is 0.242 e. The maximum absolute atomic E-state index is 13.2. The molecule has 2 amide bonds. The number of benzene rings is 2. The van der Waals surface area contributed by atoms with E-state index in [1.165, 1.54) is 11.1 Å². The molecule has 2 aromatic rings. The van der Waals surface area contributed by atoms with Gasteiger partial charge in [-0.15, -0.1) is 11.8 Å². The van der Waals surface area contributed by atoms with Crippen molar-refractivity contribution in [1.82, 2.24) is 10.2 Å². The molecule has 0 aromatic heterocycles. The summed E-state index contributed by atoms with van der Waals surface area (Å²) in [7, 11) is 0.